The second-order valence-corrected chi connectivity index (χ2v) is 5.45. The lowest BCUT2D eigenvalue weighted by Gasteiger charge is -2.15. The van der Waals surface area contributed by atoms with Crippen LogP contribution in [0.15, 0.2) is 54.9 Å². The highest BCUT2D eigenvalue weighted by Crippen LogP contribution is 2.19. The number of aromatic nitrogens is 4. The molecule has 0 bridgehead atoms. The smallest absolute Gasteiger partial charge is 0.387 e. The van der Waals surface area contributed by atoms with E-state index >= 15 is 0 Å². The summed E-state index contributed by atoms with van der Waals surface area (Å²) in [5.41, 5.74) is 1.86. The molecule has 0 saturated carbocycles. The topological polar surface area (TPSA) is 81.9 Å². The van der Waals surface area contributed by atoms with Crippen molar-refractivity contribution in [3.8, 4) is 11.4 Å². The molecule has 1 heterocycles. The van der Waals surface area contributed by atoms with Gasteiger partial charge in [-0.15, -0.1) is 5.10 Å². The number of nitrogens with one attached hydrogen (secondary N) is 1. The average molecular weight is 359 g/mol. The Morgan fingerprint density at radius 1 is 1.19 bits per heavy atom. The first-order chi connectivity index (χ1) is 12.5. The van der Waals surface area contributed by atoms with Gasteiger partial charge in [-0.05, 0) is 53.2 Å². The van der Waals surface area contributed by atoms with Gasteiger partial charge in [0.2, 0.25) is 0 Å². The summed E-state index contributed by atoms with van der Waals surface area (Å²) >= 11 is 0. The van der Waals surface area contributed by atoms with E-state index in [4.69, 9.17) is 0 Å². The summed E-state index contributed by atoms with van der Waals surface area (Å²) in [5, 5.41) is 13.8. The summed E-state index contributed by atoms with van der Waals surface area (Å²) in [7, 11) is 0. The molecule has 134 valence electrons. The Kier molecular flexibility index (Phi) is 5.16. The van der Waals surface area contributed by atoms with E-state index in [0.29, 0.717) is 11.3 Å². The van der Waals surface area contributed by atoms with E-state index in [9.17, 15) is 13.6 Å². The highest BCUT2D eigenvalue weighted by molar-refractivity contribution is 5.95. The van der Waals surface area contributed by atoms with Crippen LogP contribution in [0.3, 0.4) is 0 Å². The summed E-state index contributed by atoms with van der Waals surface area (Å²) in [6, 6.07) is 12.6. The Morgan fingerprint density at radius 2 is 1.96 bits per heavy atom. The van der Waals surface area contributed by atoms with Crippen LogP contribution in [0.5, 0.6) is 5.75 Å². The lowest BCUT2D eigenvalue weighted by Crippen LogP contribution is -2.26. The molecule has 26 heavy (non-hydrogen) atoms. The van der Waals surface area contributed by atoms with Gasteiger partial charge in [0.05, 0.1) is 11.7 Å². The number of tetrazole rings is 1. The van der Waals surface area contributed by atoms with Gasteiger partial charge in [-0.2, -0.15) is 8.78 Å². The van der Waals surface area contributed by atoms with Crippen LogP contribution >= 0.6 is 0 Å². The van der Waals surface area contributed by atoms with Gasteiger partial charge in [0.25, 0.3) is 5.91 Å². The fourth-order valence-corrected chi connectivity index (χ4v) is 2.37. The standard InChI is InChI=1S/C17H15F2N5O2/c1-11(12-5-7-15(8-6-12)26-17(18)19)21-16(25)13-3-2-4-14(9-13)24-10-20-22-23-24/h2-11,17H,1H3,(H,21,25). The van der Waals surface area contributed by atoms with E-state index in [-0.39, 0.29) is 17.7 Å². The monoisotopic (exact) mass is 359 g/mol. The number of hydrogen-bond acceptors (Lipinski definition) is 5. The normalized spacial score (nSPS) is 12.0. The maximum absolute atomic E-state index is 12.5. The van der Waals surface area contributed by atoms with E-state index in [1.165, 1.54) is 23.1 Å². The van der Waals surface area contributed by atoms with Crippen molar-refractivity contribution in [2.24, 2.45) is 0 Å². The number of alkyl halides is 2. The lowest BCUT2D eigenvalue weighted by atomic mass is 10.1. The minimum Gasteiger partial charge on any atom is -0.435 e. The van der Waals surface area contributed by atoms with Crippen molar-refractivity contribution < 1.29 is 18.3 Å². The van der Waals surface area contributed by atoms with Gasteiger partial charge in [0, 0.05) is 5.56 Å². The zero-order valence-corrected chi connectivity index (χ0v) is 13.7. The number of rotatable bonds is 6. The summed E-state index contributed by atoms with van der Waals surface area (Å²) in [6.07, 6.45) is 1.43. The first-order valence-electron chi connectivity index (χ1n) is 7.72. The Labute approximate surface area is 147 Å². The van der Waals surface area contributed by atoms with Crippen LogP contribution in [0.1, 0.15) is 28.9 Å². The number of amides is 1. The van der Waals surface area contributed by atoms with Crippen molar-refractivity contribution in [1.82, 2.24) is 25.5 Å². The number of hydrogen-bond donors (Lipinski definition) is 1. The van der Waals surface area contributed by atoms with Crippen LogP contribution in [0.2, 0.25) is 0 Å². The van der Waals surface area contributed by atoms with E-state index in [1.807, 2.05) is 0 Å². The van der Waals surface area contributed by atoms with E-state index in [1.54, 1.807) is 43.3 Å². The molecular weight excluding hydrogens is 344 g/mol. The van der Waals surface area contributed by atoms with Crippen LogP contribution in [0.25, 0.3) is 5.69 Å². The van der Waals surface area contributed by atoms with Gasteiger partial charge in [-0.1, -0.05) is 18.2 Å². The van der Waals surface area contributed by atoms with Crippen molar-refractivity contribution in [2.75, 3.05) is 0 Å². The number of nitrogens with zero attached hydrogens (tertiary/aromatic N) is 4. The Morgan fingerprint density at radius 3 is 2.62 bits per heavy atom. The molecule has 0 aliphatic rings. The fourth-order valence-electron chi connectivity index (χ4n) is 2.37. The zero-order chi connectivity index (χ0) is 18.5. The minimum absolute atomic E-state index is 0.0661. The molecular formula is C17H15F2N5O2. The van der Waals surface area contributed by atoms with Crippen molar-refractivity contribution in [2.45, 2.75) is 19.6 Å². The van der Waals surface area contributed by atoms with Gasteiger partial charge in [-0.25, -0.2) is 4.68 Å². The van der Waals surface area contributed by atoms with Gasteiger partial charge < -0.3 is 10.1 Å². The molecule has 0 aliphatic heterocycles. The quantitative estimate of drug-likeness (QED) is 0.732. The van der Waals surface area contributed by atoms with Gasteiger partial charge in [-0.3, -0.25) is 4.79 Å². The third-order valence-corrected chi connectivity index (χ3v) is 3.67. The van der Waals surface area contributed by atoms with E-state index in [2.05, 4.69) is 25.6 Å². The summed E-state index contributed by atoms with van der Waals surface area (Å²) in [4.78, 5) is 12.5. The molecule has 0 aliphatic carbocycles. The van der Waals surface area contributed by atoms with Crippen LogP contribution in [-0.2, 0) is 0 Å². The third kappa shape index (κ3) is 4.18. The predicted octanol–water partition coefficient (Wildman–Crippen LogP) is 2.75. The zero-order valence-electron chi connectivity index (χ0n) is 13.7. The Bertz CT molecular complexity index is 869. The van der Waals surface area contributed by atoms with Crippen molar-refractivity contribution in [3.63, 3.8) is 0 Å². The Balaban J connectivity index is 1.68. The summed E-state index contributed by atoms with van der Waals surface area (Å²) in [6.45, 7) is -1.07. The van der Waals surface area contributed by atoms with Gasteiger partial charge >= 0.3 is 6.61 Å². The van der Waals surface area contributed by atoms with E-state index in [0.717, 1.165) is 5.56 Å². The number of ether oxygens (including phenoxy) is 1. The predicted molar refractivity (Wildman–Crippen MR) is 88.1 cm³/mol. The molecule has 1 aromatic heterocycles. The van der Waals surface area contributed by atoms with E-state index < -0.39 is 6.61 Å². The molecule has 1 amide bonds. The van der Waals surface area contributed by atoms with Crippen LogP contribution in [0.4, 0.5) is 8.78 Å². The first-order valence-corrected chi connectivity index (χ1v) is 7.72. The highest BCUT2D eigenvalue weighted by atomic mass is 19.3. The molecule has 0 fully saturated rings. The Hall–Kier alpha value is -3.36. The number of benzene rings is 2. The highest BCUT2D eigenvalue weighted by Gasteiger charge is 2.13. The molecule has 2 aromatic carbocycles. The van der Waals surface area contributed by atoms with Crippen LogP contribution in [-0.4, -0.2) is 32.7 Å². The minimum atomic E-state index is -2.87. The average Bonchev–Trinajstić information content (AvgIpc) is 3.16. The molecule has 0 saturated heterocycles. The molecule has 3 aromatic rings. The van der Waals surface area contributed by atoms with Crippen LogP contribution in [0, 0.1) is 0 Å². The van der Waals surface area contributed by atoms with Crippen molar-refractivity contribution in [1.29, 1.82) is 0 Å². The molecule has 0 spiro atoms. The molecule has 1 N–H and O–H groups in total. The SMILES string of the molecule is CC(NC(=O)c1cccc(-n2cnnn2)c1)c1ccc(OC(F)F)cc1. The van der Waals surface area contributed by atoms with Crippen LogP contribution < -0.4 is 10.1 Å². The second-order valence-electron chi connectivity index (χ2n) is 5.45. The number of carbonyl (C=O) groups is 1. The third-order valence-electron chi connectivity index (χ3n) is 3.67. The maximum Gasteiger partial charge on any atom is 0.387 e. The number of halogens is 2. The summed E-state index contributed by atoms with van der Waals surface area (Å²) < 4.78 is 30.1. The van der Waals surface area contributed by atoms with Gasteiger partial charge in [0.1, 0.15) is 12.1 Å². The second kappa shape index (κ2) is 7.68. The molecule has 1 atom stereocenters. The number of carbonyl (C=O) groups excluding carboxylic acids is 1. The molecule has 3 rings (SSSR count). The molecule has 1 unspecified atom stereocenters. The largest absolute Gasteiger partial charge is 0.435 e. The summed E-state index contributed by atoms with van der Waals surface area (Å²) in [5.74, 6) is -0.211. The molecule has 7 nitrogen and oxygen atoms in total. The first kappa shape index (κ1) is 17.5. The molecule has 0 radical (unpaired) electrons. The fraction of sp³-hybridized carbons (Fsp3) is 0.176. The maximum atomic E-state index is 12.5. The van der Waals surface area contributed by atoms with Gasteiger partial charge in [0.15, 0.2) is 0 Å². The lowest BCUT2D eigenvalue weighted by molar-refractivity contribution is -0.0498. The van der Waals surface area contributed by atoms with Crippen molar-refractivity contribution >= 4 is 5.91 Å². The molecule has 9 heteroatoms. The van der Waals surface area contributed by atoms with Crippen molar-refractivity contribution in [3.05, 3.63) is 66.0 Å².